The van der Waals surface area contributed by atoms with Crippen molar-refractivity contribution in [3.63, 3.8) is 0 Å². The number of hydrogen-bond donors (Lipinski definition) is 0. The summed E-state index contributed by atoms with van der Waals surface area (Å²) >= 11 is 0. The molecule has 0 atom stereocenters. The lowest BCUT2D eigenvalue weighted by Gasteiger charge is -2.17. The van der Waals surface area contributed by atoms with Crippen molar-refractivity contribution in [2.75, 3.05) is 0 Å². The van der Waals surface area contributed by atoms with Crippen molar-refractivity contribution in [2.45, 2.75) is 38.6 Å². The Balaban J connectivity index is 1.57. The molecule has 7 rings (SSSR count). The molecule has 7 aromatic rings. The topological polar surface area (TPSA) is 67.4 Å². The summed E-state index contributed by atoms with van der Waals surface area (Å²) in [6, 6.07) is 16.5. The highest BCUT2D eigenvalue weighted by Crippen LogP contribution is 2.45. The second kappa shape index (κ2) is 13.4. The average Bonchev–Trinajstić information content (AvgIpc) is 3.45. The highest BCUT2D eigenvalue weighted by atomic mass is 19.4. The van der Waals surface area contributed by atoms with Gasteiger partial charge >= 0.3 is 24.7 Å². The Morgan fingerprint density at radius 2 is 1.11 bits per heavy atom. The van der Waals surface area contributed by atoms with Crippen LogP contribution in [0.5, 0.6) is 0 Å². The van der Waals surface area contributed by atoms with Gasteiger partial charge in [-0.2, -0.15) is 57.9 Å². The number of nitrogens with zero attached hydrogens (tertiary/aromatic N) is 5. The third-order valence-electron chi connectivity index (χ3n) is 9.12. The number of hydrogen-bond acceptors (Lipinski definition) is 4. The van der Waals surface area contributed by atoms with Crippen LogP contribution >= 0.6 is 0 Å². The molecule has 0 bridgehead atoms. The highest BCUT2D eigenvalue weighted by Gasteiger charge is 2.39. The van der Waals surface area contributed by atoms with E-state index in [2.05, 4.69) is 15.0 Å². The van der Waals surface area contributed by atoms with Crippen molar-refractivity contribution in [1.82, 2.24) is 19.5 Å². The van der Waals surface area contributed by atoms with Crippen molar-refractivity contribution in [3.05, 3.63) is 130 Å². The van der Waals surface area contributed by atoms with Crippen LogP contribution < -0.4 is 0 Å². The van der Waals surface area contributed by atoms with Gasteiger partial charge in [0, 0.05) is 16.3 Å². The molecule has 0 saturated carbocycles. The van der Waals surface area contributed by atoms with Gasteiger partial charge in [0.2, 0.25) is 0 Å². The maximum absolute atomic E-state index is 14.4. The fourth-order valence-corrected chi connectivity index (χ4v) is 6.67. The minimum Gasteiger partial charge on any atom is -0.308 e. The molecule has 0 fully saturated rings. The lowest BCUT2D eigenvalue weighted by molar-refractivity contribution is -0.144. The van der Waals surface area contributed by atoms with Crippen molar-refractivity contribution in [2.24, 2.45) is 0 Å². The van der Waals surface area contributed by atoms with Crippen molar-refractivity contribution < 1.29 is 52.7 Å². The molecule has 57 heavy (non-hydrogen) atoms. The van der Waals surface area contributed by atoms with E-state index in [1.54, 1.807) is 13.8 Å². The van der Waals surface area contributed by atoms with Crippen LogP contribution in [-0.2, 0) is 24.7 Å². The molecular weight excluding hydrogens is 778 g/mol. The lowest BCUT2D eigenvalue weighted by Crippen LogP contribution is -2.12. The van der Waals surface area contributed by atoms with Crippen LogP contribution in [0.1, 0.15) is 39.5 Å². The number of rotatable bonds is 4. The van der Waals surface area contributed by atoms with E-state index in [4.69, 9.17) is 0 Å². The van der Waals surface area contributed by atoms with Crippen LogP contribution in [-0.4, -0.2) is 19.5 Å². The van der Waals surface area contributed by atoms with Gasteiger partial charge in [-0.05, 0) is 103 Å². The van der Waals surface area contributed by atoms with E-state index in [0.717, 1.165) is 0 Å². The van der Waals surface area contributed by atoms with E-state index in [9.17, 15) is 57.9 Å². The summed E-state index contributed by atoms with van der Waals surface area (Å²) in [4.78, 5) is 13.0. The van der Waals surface area contributed by atoms with E-state index >= 15 is 0 Å². The van der Waals surface area contributed by atoms with Crippen molar-refractivity contribution in [1.29, 1.82) is 5.26 Å². The van der Waals surface area contributed by atoms with Gasteiger partial charge in [0.25, 0.3) is 0 Å². The first-order chi connectivity index (χ1) is 26.5. The zero-order chi connectivity index (χ0) is 41.4. The molecule has 0 aliphatic rings. The van der Waals surface area contributed by atoms with Gasteiger partial charge in [0.1, 0.15) is 11.6 Å². The Kier molecular flexibility index (Phi) is 9.09. The van der Waals surface area contributed by atoms with Gasteiger partial charge in [-0.25, -0.2) is 15.0 Å². The summed E-state index contributed by atoms with van der Waals surface area (Å²) in [7, 11) is 0. The molecule has 0 unspecified atom stereocenters. The predicted molar refractivity (Wildman–Crippen MR) is 185 cm³/mol. The Morgan fingerprint density at radius 3 is 1.68 bits per heavy atom. The van der Waals surface area contributed by atoms with Crippen LogP contribution in [0.4, 0.5) is 52.7 Å². The minimum atomic E-state index is -5.23. The molecule has 5 aromatic carbocycles. The average molecular weight is 800 g/mol. The van der Waals surface area contributed by atoms with Gasteiger partial charge in [-0.3, -0.25) is 0 Å². The quantitative estimate of drug-likeness (QED) is 0.166. The summed E-state index contributed by atoms with van der Waals surface area (Å²) in [5, 5.41) is 10.2. The fraction of sp³-hybridized carbons (Fsp3) is 0.150. The van der Waals surface area contributed by atoms with E-state index in [-0.39, 0.29) is 67.7 Å². The van der Waals surface area contributed by atoms with Crippen LogP contribution in [0, 0.1) is 25.2 Å². The summed E-state index contributed by atoms with van der Waals surface area (Å²) in [6.07, 6.45) is -20.6. The molecule has 5 nitrogen and oxygen atoms in total. The fourth-order valence-electron chi connectivity index (χ4n) is 6.67. The molecule has 0 aliphatic heterocycles. The normalized spacial score (nSPS) is 12.7. The Morgan fingerprint density at radius 1 is 0.491 bits per heavy atom. The molecule has 2 heterocycles. The summed E-state index contributed by atoms with van der Waals surface area (Å²) < 4.78 is 168. The number of halogens is 12. The molecule has 290 valence electrons. The number of nitriles is 1. The number of benzene rings is 5. The third kappa shape index (κ3) is 7.34. The smallest absolute Gasteiger partial charge is 0.308 e. The van der Waals surface area contributed by atoms with Gasteiger partial charge in [0.15, 0.2) is 5.82 Å². The first kappa shape index (κ1) is 38.8. The standard InChI is InChI=1S/C40H21F12N5/c1-19-54-20(2)56-36(55-19)31-11-21(18-53)3-9-34(31)57-33-10-5-22(24-12-26(38(44,45)46)16-27(13-24)39(47,48)49)14-30(33)29-7-4-23(15-35(29)57)28-8-6-25(37(41,42)43)17-32(28)40(50,51)52/h3-17H,1-2H3. The second-order valence-electron chi connectivity index (χ2n) is 12.9. The Hall–Kier alpha value is -6.44. The van der Waals surface area contributed by atoms with Gasteiger partial charge in [0.05, 0.1) is 50.6 Å². The van der Waals surface area contributed by atoms with E-state index < -0.39 is 58.1 Å². The number of alkyl halides is 12. The molecule has 2 aromatic heterocycles. The Bertz CT molecular complexity index is 2730. The van der Waals surface area contributed by atoms with Gasteiger partial charge < -0.3 is 4.57 Å². The summed E-state index contributed by atoms with van der Waals surface area (Å²) in [5.74, 6) is 0.670. The van der Waals surface area contributed by atoms with E-state index in [1.807, 2.05) is 6.07 Å². The number of aromatic nitrogens is 4. The van der Waals surface area contributed by atoms with Crippen molar-refractivity contribution >= 4 is 21.8 Å². The van der Waals surface area contributed by atoms with Crippen LogP contribution in [0.2, 0.25) is 0 Å². The third-order valence-corrected chi connectivity index (χ3v) is 9.12. The molecule has 0 saturated heterocycles. The zero-order valence-electron chi connectivity index (χ0n) is 28.9. The molecule has 17 heteroatoms. The van der Waals surface area contributed by atoms with Crippen molar-refractivity contribution in [3.8, 4) is 45.4 Å². The monoisotopic (exact) mass is 799 g/mol. The molecule has 0 radical (unpaired) electrons. The lowest BCUT2D eigenvalue weighted by atomic mass is 9.95. The molecule has 0 aliphatic carbocycles. The predicted octanol–water partition coefficient (Wildman–Crippen LogP) is 12.5. The SMILES string of the molecule is Cc1nc(C)nc(-c2cc(C#N)ccc2-n2c3ccc(-c4cc(C(F)(F)F)cc(C(F)(F)F)c4)cc3c3ccc(-c4ccc(C(F)(F)F)cc4C(F)(F)F)cc32)n1. The van der Waals surface area contributed by atoms with E-state index in [1.165, 1.54) is 59.2 Å². The maximum atomic E-state index is 14.4. The molecule has 0 amide bonds. The largest absolute Gasteiger partial charge is 0.417 e. The summed E-state index contributed by atoms with van der Waals surface area (Å²) in [5.41, 5.74) is -6.52. The van der Waals surface area contributed by atoms with Crippen LogP contribution in [0.3, 0.4) is 0 Å². The zero-order valence-corrected chi connectivity index (χ0v) is 28.9. The first-order valence-corrected chi connectivity index (χ1v) is 16.4. The van der Waals surface area contributed by atoms with E-state index in [0.29, 0.717) is 35.9 Å². The number of fused-ring (bicyclic) bond motifs is 3. The summed E-state index contributed by atoms with van der Waals surface area (Å²) in [6.45, 7) is 3.17. The Labute approximate surface area is 313 Å². The first-order valence-electron chi connectivity index (χ1n) is 16.4. The highest BCUT2D eigenvalue weighted by molar-refractivity contribution is 6.12. The number of aryl methyl sites for hydroxylation is 2. The molecular formula is C40H21F12N5. The molecule has 0 N–H and O–H groups in total. The van der Waals surface area contributed by atoms with Gasteiger partial charge in [-0.15, -0.1) is 0 Å². The second-order valence-corrected chi connectivity index (χ2v) is 12.9. The van der Waals surface area contributed by atoms with Crippen LogP contribution in [0.25, 0.3) is 61.1 Å². The maximum Gasteiger partial charge on any atom is 0.417 e. The van der Waals surface area contributed by atoms with Crippen LogP contribution in [0.15, 0.2) is 91.0 Å². The minimum absolute atomic E-state index is 0.00418. The van der Waals surface area contributed by atoms with Gasteiger partial charge in [-0.1, -0.05) is 24.3 Å². The molecule has 0 spiro atoms.